The standard InChI is InChI=1S/C17H32N2O/c1-2-14-6-8-15(9-7-14)13-19-16(20)12-17(18)10-4-3-5-11-17/h14-15H,2-13,18H2,1H3,(H,19,20). The van der Waals surface area contributed by atoms with Crippen LogP contribution in [0, 0.1) is 11.8 Å². The molecule has 2 fully saturated rings. The van der Waals surface area contributed by atoms with E-state index >= 15 is 0 Å². The van der Waals surface area contributed by atoms with Gasteiger partial charge in [0.05, 0.1) is 0 Å². The van der Waals surface area contributed by atoms with Gasteiger partial charge in [0.15, 0.2) is 0 Å². The zero-order chi connectivity index (χ0) is 14.4. The van der Waals surface area contributed by atoms with Gasteiger partial charge in [-0.15, -0.1) is 0 Å². The molecule has 0 unspecified atom stereocenters. The van der Waals surface area contributed by atoms with Gasteiger partial charge in [-0.25, -0.2) is 0 Å². The molecule has 0 heterocycles. The first-order chi connectivity index (χ1) is 9.61. The van der Waals surface area contributed by atoms with Gasteiger partial charge in [0.1, 0.15) is 0 Å². The highest BCUT2D eigenvalue weighted by Gasteiger charge is 2.30. The molecular weight excluding hydrogens is 248 g/mol. The van der Waals surface area contributed by atoms with Gasteiger partial charge in [-0.05, 0) is 37.5 Å². The van der Waals surface area contributed by atoms with E-state index < -0.39 is 0 Å². The van der Waals surface area contributed by atoms with Gasteiger partial charge >= 0.3 is 0 Å². The van der Waals surface area contributed by atoms with Crippen LogP contribution in [-0.2, 0) is 4.79 Å². The zero-order valence-electron chi connectivity index (χ0n) is 13.1. The van der Waals surface area contributed by atoms with E-state index in [-0.39, 0.29) is 11.4 Å². The molecular formula is C17H32N2O. The molecule has 0 atom stereocenters. The summed E-state index contributed by atoms with van der Waals surface area (Å²) >= 11 is 0. The predicted octanol–water partition coefficient (Wildman–Crippen LogP) is 3.37. The smallest absolute Gasteiger partial charge is 0.221 e. The van der Waals surface area contributed by atoms with Crippen molar-refractivity contribution in [2.24, 2.45) is 17.6 Å². The first-order valence-corrected chi connectivity index (χ1v) is 8.67. The molecule has 116 valence electrons. The van der Waals surface area contributed by atoms with Crippen LogP contribution in [0.15, 0.2) is 0 Å². The molecule has 0 aromatic heterocycles. The van der Waals surface area contributed by atoms with Crippen molar-refractivity contribution in [2.75, 3.05) is 6.54 Å². The van der Waals surface area contributed by atoms with Crippen molar-refractivity contribution in [3.05, 3.63) is 0 Å². The van der Waals surface area contributed by atoms with Crippen LogP contribution in [0.4, 0.5) is 0 Å². The second-order valence-electron chi connectivity index (χ2n) is 7.20. The van der Waals surface area contributed by atoms with Gasteiger partial charge in [0.2, 0.25) is 5.91 Å². The average Bonchev–Trinajstić information content (AvgIpc) is 2.46. The van der Waals surface area contributed by atoms with Crippen molar-refractivity contribution in [3.8, 4) is 0 Å². The number of rotatable bonds is 5. The summed E-state index contributed by atoms with van der Waals surface area (Å²) in [5, 5.41) is 3.14. The molecule has 3 nitrogen and oxygen atoms in total. The molecule has 2 rings (SSSR count). The predicted molar refractivity (Wildman–Crippen MR) is 83.4 cm³/mol. The molecule has 1 amide bonds. The number of amides is 1. The molecule has 3 N–H and O–H groups in total. The van der Waals surface area contributed by atoms with Crippen molar-refractivity contribution in [1.82, 2.24) is 5.32 Å². The average molecular weight is 280 g/mol. The van der Waals surface area contributed by atoms with Crippen LogP contribution in [0.25, 0.3) is 0 Å². The highest BCUT2D eigenvalue weighted by molar-refractivity contribution is 5.77. The highest BCUT2D eigenvalue weighted by atomic mass is 16.1. The van der Waals surface area contributed by atoms with Gasteiger partial charge in [-0.2, -0.15) is 0 Å². The molecule has 0 bridgehead atoms. The van der Waals surface area contributed by atoms with E-state index in [4.69, 9.17) is 5.73 Å². The van der Waals surface area contributed by atoms with Gasteiger partial charge in [0.25, 0.3) is 0 Å². The minimum absolute atomic E-state index is 0.173. The van der Waals surface area contributed by atoms with Crippen molar-refractivity contribution in [2.45, 2.75) is 83.1 Å². The summed E-state index contributed by atoms with van der Waals surface area (Å²) in [5.41, 5.74) is 6.12. The van der Waals surface area contributed by atoms with Crippen LogP contribution in [0.3, 0.4) is 0 Å². The SMILES string of the molecule is CCC1CCC(CNC(=O)CC2(N)CCCCC2)CC1. The van der Waals surface area contributed by atoms with E-state index in [0.717, 1.165) is 25.3 Å². The Kier molecular flexibility index (Phi) is 5.88. The molecule has 2 saturated carbocycles. The molecule has 2 aliphatic rings. The van der Waals surface area contributed by atoms with Crippen molar-refractivity contribution >= 4 is 5.91 Å². The van der Waals surface area contributed by atoms with Crippen LogP contribution in [-0.4, -0.2) is 18.0 Å². The Hall–Kier alpha value is -0.570. The third-order valence-electron chi connectivity index (χ3n) is 5.49. The molecule has 0 radical (unpaired) electrons. The quantitative estimate of drug-likeness (QED) is 0.811. The largest absolute Gasteiger partial charge is 0.356 e. The van der Waals surface area contributed by atoms with E-state index in [9.17, 15) is 4.79 Å². The first kappa shape index (κ1) is 15.8. The molecule has 2 aliphatic carbocycles. The summed E-state index contributed by atoms with van der Waals surface area (Å²) in [6, 6.07) is 0. The fourth-order valence-corrected chi connectivity index (χ4v) is 3.92. The fourth-order valence-electron chi connectivity index (χ4n) is 3.92. The van der Waals surface area contributed by atoms with Gasteiger partial charge < -0.3 is 11.1 Å². The summed E-state index contributed by atoms with van der Waals surface area (Å²) in [7, 11) is 0. The lowest BCUT2D eigenvalue weighted by Crippen LogP contribution is -2.46. The summed E-state index contributed by atoms with van der Waals surface area (Å²) in [5.74, 6) is 1.80. The zero-order valence-corrected chi connectivity index (χ0v) is 13.1. The van der Waals surface area contributed by atoms with Gasteiger partial charge in [-0.1, -0.05) is 45.4 Å². The van der Waals surface area contributed by atoms with Crippen LogP contribution < -0.4 is 11.1 Å². The van der Waals surface area contributed by atoms with Crippen LogP contribution in [0.1, 0.15) is 77.6 Å². The first-order valence-electron chi connectivity index (χ1n) is 8.67. The van der Waals surface area contributed by atoms with Crippen molar-refractivity contribution in [1.29, 1.82) is 0 Å². The molecule has 0 aromatic carbocycles. The molecule has 20 heavy (non-hydrogen) atoms. The lowest BCUT2D eigenvalue weighted by atomic mass is 9.79. The number of carbonyl (C=O) groups excluding carboxylic acids is 1. The maximum Gasteiger partial charge on any atom is 0.221 e. The highest BCUT2D eigenvalue weighted by Crippen LogP contribution is 2.31. The number of nitrogens with two attached hydrogens (primary N) is 1. The Bertz CT molecular complexity index is 302. The van der Waals surface area contributed by atoms with Crippen LogP contribution in [0.2, 0.25) is 0 Å². The lowest BCUT2D eigenvalue weighted by Gasteiger charge is -2.33. The van der Waals surface area contributed by atoms with E-state index in [1.807, 2.05) is 0 Å². The Morgan fingerprint density at radius 2 is 1.70 bits per heavy atom. The maximum absolute atomic E-state index is 12.1. The Labute approximate surface area is 124 Å². The second-order valence-corrected chi connectivity index (χ2v) is 7.20. The minimum atomic E-state index is -0.220. The van der Waals surface area contributed by atoms with E-state index in [0.29, 0.717) is 12.3 Å². The normalized spacial score (nSPS) is 29.9. The maximum atomic E-state index is 12.1. The van der Waals surface area contributed by atoms with Crippen molar-refractivity contribution in [3.63, 3.8) is 0 Å². The third kappa shape index (κ3) is 4.76. The molecule has 0 aromatic rings. The van der Waals surface area contributed by atoms with E-state index in [2.05, 4.69) is 12.2 Å². The minimum Gasteiger partial charge on any atom is -0.356 e. The summed E-state index contributed by atoms with van der Waals surface area (Å²) in [4.78, 5) is 12.1. The Balaban J connectivity index is 1.65. The lowest BCUT2D eigenvalue weighted by molar-refractivity contribution is -0.122. The number of nitrogens with one attached hydrogen (secondary N) is 1. The molecule has 0 saturated heterocycles. The second kappa shape index (κ2) is 7.44. The van der Waals surface area contributed by atoms with Gasteiger partial charge in [0, 0.05) is 18.5 Å². The summed E-state index contributed by atoms with van der Waals surface area (Å²) in [6.45, 7) is 3.16. The van der Waals surface area contributed by atoms with Crippen LogP contribution in [0.5, 0.6) is 0 Å². The summed E-state index contributed by atoms with van der Waals surface area (Å²) < 4.78 is 0. The number of hydrogen-bond acceptors (Lipinski definition) is 2. The van der Waals surface area contributed by atoms with E-state index in [1.165, 1.54) is 51.4 Å². The van der Waals surface area contributed by atoms with Gasteiger partial charge in [-0.3, -0.25) is 4.79 Å². The monoisotopic (exact) mass is 280 g/mol. The van der Waals surface area contributed by atoms with E-state index in [1.54, 1.807) is 0 Å². The summed E-state index contributed by atoms with van der Waals surface area (Å²) in [6.07, 6.45) is 12.8. The Morgan fingerprint density at radius 1 is 1.10 bits per heavy atom. The van der Waals surface area contributed by atoms with Crippen molar-refractivity contribution < 1.29 is 4.79 Å². The molecule has 3 heteroatoms. The molecule has 0 aliphatic heterocycles. The fraction of sp³-hybridized carbons (Fsp3) is 0.941. The topological polar surface area (TPSA) is 55.1 Å². The Morgan fingerprint density at radius 3 is 2.30 bits per heavy atom. The third-order valence-corrected chi connectivity index (χ3v) is 5.49. The van der Waals surface area contributed by atoms with Crippen LogP contribution >= 0.6 is 0 Å². The number of hydrogen-bond donors (Lipinski definition) is 2. The molecule has 0 spiro atoms. The number of carbonyl (C=O) groups is 1.